The number of nitrogens with zero attached hydrogens (tertiary/aromatic N) is 3. The molecule has 0 saturated carbocycles. The lowest BCUT2D eigenvalue weighted by atomic mass is 10.2. The average molecular weight is 450 g/mol. The standard InChI is InChI=1S/C22H19N5O2S2/c28-19(23-25-21(29)17-10-5-2-6-11-17)15-31-22-26-24-20(18-12-7-13-30-18)27(22)14-16-8-3-1-4-9-16/h1-13H,14-15H2,(H,23,28)(H,25,29). The fourth-order valence-electron chi connectivity index (χ4n) is 2.85. The van der Waals surface area contributed by atoms with Crippen molar-refractivity contribution in [2.24, 2.45) is 0 Å². The molecule has 0 aliphatic heterocycles. The van der Waals surface area contributed by atoms with Gasteiger partial charge in [-0.3, -0.25) is 25.0 Å². The third kappa shape index (κ3) is 5.39. The summed E-state index contributed by atoms with van der Waals surface area (Å²) in [6.07, 6.45) is 0. The molecule has 2 aromatic heterocycles. The van der Waals surface area contributed by atoms with E-state index in [0.29, 0.717) is 17.3 Å². The number of nitrogens with one attached hydrogen (secondary N) is 2. The molecule has 0 spiro atoms. The van der Waals surface area contributed by atoms with Crippen LogP contribution in [0.4, 0.5) is 0 Å². The van der Waals surface area contributed by atoms with E-state index in [1.807, 2.05) is 58.5 Å². The number of aromatic nitrogens is 3. The Morgan fingerprint density at radius 1 is 0.903 bits per heavy atom. The zero-order valence-corrected chi connectivity index (χ0v) is 18.0. The van der Waals surface area contributed by atoms with E-state index in [9.17, 15) is 9.59 Å². The smallest absolute Gasteiger partial charge is 0.269 e. The van der Waals surface area contributed by atoms with Crippen molar-refractivity contribution in [2.75, 3.05) is 5.75 Å². The summed E-state index contributed by atoms with van der Waals surface area (Å²) in [4.78, 5) is 25.3. The van der Waals surface area contributed by atoms with Gasteiger partial charge >= 0.3 is 0 Å². The highest BCUT2D eigenvalue weighted by Crippen LogP contribution is 2.28. The van der Waals surface area contributed by atoms with Crippen LogP contribution < -0.4 is 10.9 Å². The molecule has 4 aromatic rings. The van der Waals surface area contributed by atoms with Gasteiger partial charge < -0.3 is 0 Å². The van der Waals surface area contributed by atoms with Crippen LogP contribution in [-0.2, 0) is 11.3 Å². The molecule has 9 heteroatoms. The number of benzene rings is 2. The first-order valence-electron chi connectivity index (χ1n) is 9.49. The number of amides is 2. The van der Waals surface area contributed by atoms with E-state index in [0.717, 1.165) is 16.3 Å². The molecule has 0 radical (unpaired) electrons. The Hall–Kier alpha value is -3.43. The molecule has 2 aromatic carbocycles. The molecule has 7 nitrogen and oxygen atoms in total. The van der Waals surface area contributed by atoms with Gasteiger partial charge in [-0.15, -0.1) is 21.5 Å². The van der Waals surface area contributed by atoms with Crippen LogP contribution in [0.25, 0.3) is 10.7 Å². The second-order valence-electron chi connectivity index (χ2n) is 6.51. The summed E-state index contributed by atoms with van der Waals surface area (Å²) in [5.74, 6) is 0.151. The van der Waals surface area contributed by atoms with Gasteiger partial charge in [-0.05, 0) is 29.1 Å². The highest BCUT2D eigenvalue weighted by atomic mass is 32.2. The molecule has 4 rings (SSSR count). The van der Waals surface area contributed by atoms with Gasteiger partial charge in [0.15, 0.2) is 11.0 Å². The summed E-state index contributed by atoms with van der Waals surface area (Å²) < 4.78 is 2.00. The maximum Gasteiger partial charge on any atom is 0.269 e. The fraction of sp³-hybridized carbons (Fsp3) is 0.0909. The molecule has 0 unspecified atom stereocenters. The lowest BCUT2D eigenvalue weighted by molar-refractivity contribution is -0.119. The number of thioether (sulfide) groups is 1. The molecular weight excluding hydrogens is 430 g/mol. The van der Waals surface area contributed by atoms with E-state index < -0.39 is 0 Å². The number of carbonyl (C=O) groups is 2. The van der Waals surface area contributed by atoms with Crippen molar-refractivity contribution < 1.29 is 9.59 Å². The van der Waals surface area contributed by atoms with Gasteiger partial charge in [0.05, 0.1) is 17.2 Å². The number of thiophene rings is 1. The van der Waals surface area contributed by atoms with E-state index >= 15 is 0 Å². The summed E-state index contributed by atoms with van der Waals surface area (Å²) in [7, 11) is 0. The molecule has 156 valence electrons. The first kappa shape index (κ1) is 20.8. The molecule has 31 heavy (non-hydrogen) atoms. The largest absolute Gasteiger partial charge is 0.297 e. The van der Waals surface area contributed by atoms with Crippen molar-refractivity contribution in [1.29, 1.82) is 0 Å². The number of hydrogen-bond donors (Lipinski definition) is 2. The SMILES string of the molecule is O=C(CSc1nnc(-c2cccs2)n1Cc1ccccc1)NNC(=O)c1ccccc1. The van der Waals surface area contributed by atoms with Gasteiger partial charge in [-0.25, -0.2) is 0 Å². The summed E-state index contributed by atoms with van der Waals surface area (Å²) in [5.41, 5.74) is 6.45. The molecule has 0 fully saturated rings. The predicted molar refractivity (Wildman–Crippen MR) is 122 cm³/mol. The van der Waals surface area contributed by atoms with Gasteiger partial charge in [0.2, 0.25) is 5.91 Å². The van der Waals surface area contributed by atoms with Crippen LogP contribution in [0.5, 0.6) is 0 Å². The molecule has 0 saturated heterocycles. The lowest BCUT2D eigenvalue weighted by Gasteiger charge is -2.10. The van der Waals surface area contributed by atoms with E-state index in [-0.39, 0.29) is 17.6 Å². The van der Waals surface area contributed by atoms with Gasteiger partial charge in [-0.2, -0.15) is 0 Å². The van der Waals surface area contributed by atoms with Crippen molar-refractivity contribution in [3.63, 3.8) is 0 Å². The zero-order valence-electron chi connectivity index (χ0n) is 16.4. The van der Waals surface area contributed by atoms with Crippen molar-refractivity contribution in [3.05, 3.63) is 89.3 Å². The third-order valence-electron chi connectivity index (χ3n) is 4.33. The molecule has 2 heterocycles. The van der Waals surface area contributed by atoms with Crippen molar-refractivity contribution in [1.82, 2.24) is 25.6 Å². The van der Waals surface area contributed by atoms with Crippen molar-refractivity contribution >= 4 is 34.9 Å². The Morgan fingerprint density at radius 3 is 2.35 bits per heavy atom. The number of carbonyl (C=O) groups excluding carboxylic acids is 2. The number of hydrazine groups is 1. The third-order valence-corrected chi connectivity index (χ3v) is 6.16. The Bertz CT molecular complexity index is 1150. The highest BCUT2D eigenvalue weighted by molar-refractivity contribution is 7.99. The molecule has 2 amide bonds. The van der Waals surface area contributed by atoms with Gasteiger partial charge in [0.25, 0.3) is 5.91 Å². The Labute approximate surface area is 187 Å². The van der Waals surface area contributed by atoms with Crippen LogP contribution in [0.3, 0.4) is 0 Å². The molecule has 0 atom stereocenters. The monoisotopic (exact) mass is 449 g/mol. The second kappa shape index (κ2) is 10.1. The van der Waals surface area contributed by atoms with Gasteiger partial charge in [-0.1, -0.05) is 66.4 Å². The number of rotatable bonds is 7. The van der Waals surface area contributed by atoms with Crippen molar-refractivity contribution in [3.8, 4) is 10.7 Å². The van der Waals surface area contributed by atoms with Crippen molar-refractivity contribution in [2.45, 2.75) is 11.7 Å². The molecule has 2 N–H and O–H groups in total. The maximum atomic E-state index is 12.3. The zero-order chi connectivity index (χ0) is 21.5. The molecular formula is C22H19N5O2S2. The fourth-order valence-corrected chi connectivity index (χ4v) is 4.30. The summed E-state index contributed by atoms with van der Waals surface area (Å²) in [6.45, 7) is 0.593. The molecule has 0 bridgehead atoms. The van der Waals surface area contributed by atoms with E-state index in [1.165, 1.54) is 11.8 Å². The average Bonchev–Trinajstić information content (AvgIpc) is 3.47. The Balaban J connectivity index is 1.42. The summed E-state index contributed by atoms with van der Waals surface area (Å²) in [5, 5.41) is 11.3. The van der Waals surface area contributed by atoms with Crippen LogP contribution >= 0.6 is 23.1 Å². The van der Waals surface area contributed by atoms with Crippen LogP contribution in [-0.4, -0.2) is 32.3 Å². The van der Waals surface area contributed by atoms with Crippen LogP contribution in [0, 0.1) is 0 Å². The number of hydrogen-bond acceptors (Lipinski definition) is 6. The van der Waals surface area contributed by atoms with E-state index in [4.69, 9.17) is 0 Å². The van der Waals surface area contributed by atoms with Gasteiger partial charge in [0, 0.05) is 5.56 Å². The van der Waals surface area contributed by atoms with Gasteiger partial charge in [0.1, 0.15) is 0 Å². The Morgan fingerprint density at radius 2 is 1.65 bits per heavy atom. The predicted octanol–water partition coefficient (Wildman–Crippen LogP) is 3.61. The van der Waals surface area contributed by atoms with Crippen LogP contribution in [0.15, 0.2) is 83.3 Å². The van der Waals surface area contributed by atoms with E-state index in [1.54, 1.807) is 35.6 Å². The van der Waals surface area contributed by atoms with E-state index in [2.05, 4.69) is 21.0 Å². The minimum absolute atomic E-state index is 0.0897. The highest BCUT2D eigenvalue weighted by Gasteiger charge is 2.17. The second-order valence-corrected chi connectivity index (χ2v) is 8.40. The van der Waals surface area contributed by atoms with Crippen LogP contribution in [0.1, 0.15) is 15.9 Å². The Kier molecular flexibility index (Phi) is 6.75. The molecule has 0 aliphatic carbocycles. The minimum atomic E-state index is -0.369. The maximum absolute atomic E-state index is 12.3. The summed E-state index contributed by atoms with van der Waals surface area (Å²) >= 11 is 2.86. The van der Waals surface area contributed by atoms with Crippen LogP contribution in [0.2, 0.25) is 0 Å². The summed E-state index contributed by atoms with van der Waals surface area (Å²) in [6, 6.07) is 22.7. The molecule has 0 aliphatic rings. The first-order chi connectivity index (χ1) is 15.2. The quantitative estimate of drug-likeness (QED) is 0.332. The first-order valence-corrected chi connectivity index (χ1v) is 11.4. The minimum Gasteiger partial charge on any atom is -0.297 e. The normalized spacial score (nSPS) is 10.6. The topological polar surface area (TPSA) is 88.9 Å². The lowest BCUT2D eigenvalue weighted by Crippen LogP contribution is -2.42.